The zero-order chi connectivity index (χ0) is 14.2. The average molecular weight is 295 g/mol. The Bertz CT molecular complexity index is 581. The summed E-state index contributed by atoms with van der Waals surface area (Å²) >= 11 is 0. The van der Waals surface area contributed by atoms with Crippen molar-refractivity contribution in [2.45, 2.75) is 31.4 Å². The molecule has 0 aromatic heterocycles. The monoisotopic (exact) mass is 295 g/mol. The molecule has 1 aliphatic carbocycles. The second-order valence-corrected chi connectivity index (χ2v) is 8.05. The van der Waals surface area contributed by atoms with E-state index in [-0.39, 0.29) is 17.7 Å². The third-order valence-corrected chi connectivity index (χ3v) is 5.89. The number of sulfone groups is 1. The van der Waals surface area contributed by atoms with Crippen LogP contribution in [0, 0.1) is 5.92 Å². The van der Waals surface area contributed by atoms with Crippen LogP contribution in [0.15, 0.2) is 24.3 Å². The Hall–Kier alpha value is -1.07. The lowest BCUT2D eigenvalue weighted by molar-refractivity contribution is 0.302. The van der Waals surface area contributed by atoms with Gasteiger partial charge in [-0.05, 0) is 49.9 Å². The molecule has 0 amide bonds. The number of benzene rings is 1. The zero-order valence-corrected chi connectivity index (χ0v) is 12.5. The van der Waals surface area contributed by atoms with Crippen molar-refractivity contribution in [2.75, 3.05) is 18.6 Å². The smallest absolute Gasteiger partial charge is 0.150 e. The summed E-state index contributed by atoms with van der Waals surface area (Å²) in [5.41, 5.74) is 1.12. The van der Waals surface area contributed by atoms with E-state index in [0.29, 0.717) is 11.9 Å². The average Bonchev–Trinajstić information content (AvgIpc) is 3.14. The molecule has 110 valence electrons. The van der Waals surface area contributed by atoms with Crippen LogP contribution in [0.2, 0.25) is 0 Å². The molecule has 1 aliphatic heterocycles. The van der Waals surface area contributed by atoms with Crippen molar-refractivity contribution < 1.29 is 13.2 Å². The van der Waals surface area contributed by atoms with Crippen molar-refractivity contribution in [2.24, 2.45) is 5.92 Å². The first kappa shape index (κ1) is 13.9. The SMILES string of the molecule is CNC(c1cccc(OC2CC2)c1)C1CCS(=O)(=O)C1. The van der Waals surface area contributed by atoms with E-state index in [4.69, 9.17) is 4.74 Å². The van der Waals surface area contributed by atoms with Gasteiger partial charge < -0.3 is 10.1 Å². The number of nitrogens with one attached hydrogen (secondary N) is 1. The highest BCUT2D eigenvalue weighted by Gasteiger charge is 2.34. The summed E-state index contributed by atoms with van der Waals surface area (Å²) in [6, 6.07) is 8.13. The molecular weight excluding hydrogens is 274 g/mol. The summed E-state index contributed by atoms with van der Waals surface area (Å²) in [7, 11) is -0.956. The van der Waals surface area contributed by atoms with Gasteiger partial charge in [0.1, 0.15) is 5.75 Å². The molecule has 20 heavy (non-hydrogen) atoms. The van der Waals surface area contributed by atoms with E-state index in [1.54, 1.807) is 0 Å². The Morgan fingerprint density at radius 3 is 2.70 bits per heavy atom. The summed E-state index contributed by atoms with van der Waals surface area (Å²) < 4.78 is 29.1. The summed E-state index contributed by atoms with van der Waals surface area (Å²) in [6.07, 6.45) is 3.40. The highest BCUT2D eigenvalue weighted by atomic mass is 32.2. The molecule has 2 atom stereocenters. The molecule has 4 nitrogen and oxygen atoms in total. The van der Waals surface area contributed by atoms with Crippen LogP contribution in [0.3, 0.4) is 0 Å². The van der Waals surface area contributed by atoms with Gasteiger partial charge in [-0.3, -0.25) is 0 Å². The molecule has 2 fully saturated rings. The second-order valence-electron chi connectivity index (χ2n) is 5.82. The maximum atomic E-state index is 11.7. The van der Waals surface area contributed by atoms with Crippen molar-refractivity contribution in [1.82, 2.24) is 5.32 Å². The maximum Gasteiger partial charge on any atom is 0.150 e. The number of rotatable bonds is 5. The normalized spacial score (nSPS) is 26.4. The number of hydrogen-bond donors (Lipinski definition) is 1. The quantitative estimate of drug-likeness (QED) is 0.902. The van der Waals surface area contributed by atoms with Gasteiger partial charge in [0, 0.05) is 6.04 Å². The van der Waals surface area contributed by atoms with E-state index in [1.165, 1.54) is 0 Å². The first-order chi connectivity index (χ1) is 9.57. The fourth-order valence-electron chi connectivity index (χ4n) is 2.92. The molecule has 0 radical (unpaired) electrons. The molecule has 1 N–H and O–H groups in total. The van der Waals surface area contributed by atoms with Crippen LogP contribution < -0.4 is 10.1 Å². The number of hydrogen-bond acceptors (Lipinski definition) is 4. The number of ether oxygens (including phenoxy) is 1. The molecule has 0 spiro atoms. The lowest BCUT2D eigenvalue weighted by Gasteiger charge is -2.23. The first-order valence-electron chi connectivity index (χ1n) is 7.22. The first-order valence-corrected chi connectivity index (χ1v) is 9.04. The van der Waals surface area contributed by atoms with Crippen LogP contribution in [0.25, 0.3) is 0 Å². The maximum absolute atomic E-state index is 11.7. The predicted octanol–water partition coefficient (Wildman–Crippen LogP) is 1.92. The molecule has 1 aromatic carbocycles. The third-order valence-electron chi connectivity index (χ3n) is 4.09. The van der Waals surface area contributed by atoms with Crippen molar-refractivity contribution in [3.63, 3.8) is 0 Å². The summed E-state index contributed by atoms with van der Waals surface area (Å²) in [5, 5.41) is 3.27. The van der Waals surface area contributed by atoms with Crippen LogP contribution in [0.5, 0.6) is 5.75 Å². The highest BCUT2D eigenvalue weighted by molar-refractivity contribution is 7.91. The molecule has 1 aromatic rings. The summed E-state index contributed by atoms with van der Waals surface area (Å²) in [6.45, 7) is 0. The molecule has 5 heteroatoms. The molecule has 0 bridgehead atoms. The zero-order valence-electron chi connectivity index (χ0n) is 11.7. The fourth-order valence-corrected chi connectivity index (χ4v) is 4.76. The van der Waals surface area contributed by atoms with Crippen LogP contribution in [0.4, 0.5) is 0 Å². The van der Waals surface area contributed by atoms with Crippen molar-refractivity contribution >= 4 is 9.84 Å². The van der Waals surface area contributed by atoms with Gasteiger partial charge >= 0.3 is 0 Å². The minimum absolute atomic E-state index is 0.0787. The molecule has 3 rings (SSSR count). The van der Waals surface area contributed by atoms with Gasteiger partial charge in [-0.2, -0.15) is 0 Å². The topological polar surface area (TPSA) is 55.4 Å². The van der Waals surface area contributed by atoms with E-state index in [2.05, 4.69) is 5.32 Å². The lowest BCUT2D eigenvalue weighted by atomic mass is 9.92. The van der Waals surface area contributed by atoms with Gasteiger partial charge in [0.15, 0.2) is 9.84 Å². The van der Waals surface area contributed by atoms with E-state index in [0.717, 1.165) is 30.6 Å². The van der Waals surface area contributed by atoms with E-state index in [1.807, 2.05) is 31.3 Å². The molecular formula is C15H21NO3S. The van der Waals surface area contributed by atoms with Gasteiger partial charge in [-0.15, -0.1) is 0 Å². The largest absolute Gasteiger partial charge is 0.490 e. The van der Waals surface area contributed by atoms with Gasteiger partial charge in [0.25, 0.3) is 0 Å². The lowest BCUT2D eigenvalue weighted by Crippen LogP contribution is -2.26. The Labute approximate surface area is 120 Å². The minimum atomic E-state index is -2.85. The third kappa shape index (κ3) is 3.15. The Kier molecular flexibility index (Phi) is 3.73. The molecule has 1 heterocycles. The highest BCUT2D eigenvalue weighted by Crippen LogP contribution is 2.34. The van der Waals surface area contributed by atoms with Crippen molar-refractivity contribution in [3.05, 3.63) is 29.8 Å². The van der Waals surface area contributed by atoms with E-state index in [9.17, 15) is 8.42 Å². The van der Waals surface area contributed by atoms with Crippen LogP contribution in [-0.4, -0.2) is 33.1 Å². The molecule has 2 aliphatic rings. The summed E-state index contributed by atoms with van der Waals surface area (Å²) in [4.78, 5) is 0. The standard InChI is InChI=1S/C15H21NO3S/c1-16-15(12-7-8-20(17,18)10-12)11-3-2-4-14(9-11)19-13-5-6-13/h2-4,9,12-13,15-16H,5-8,10H2,1H3. The van der Waals surface area contributed by atoms with Crippen LogP contribution >= 0.6 is 0 Å². The minimum Gasteiger partial charge on any atom is -0.490 e. The molecule has 1 saturated heterocycles. The second kappa shape index (κ2) is 5.37. The fraction of sp³-hybridized carbons (Fsp3) is 0.600. The van der Waals surface area contributed by atoms with Gasteiger partial charge in [-0.1, -0.05) is 12.1 Å². The predicted molar refractivity (Wildman–Crippen MR) is 78.7 cm³/mol. The van der Waals surface area contributed by atoms with E-state index >= 15 is 0 Å². The van der Waals surface area contributed by atoms with Crippen LogP contribution in [-0.2, 0) is 9.84 Å². The van der Waals surface area contributed by atoms with Crippen molar-refractivity contribution in [3.8, 4) is 5.75 Å². The summed E-state index contributed by atoms with van der Waals surface area (Å²) in [5.74, 6) is 1.65. The van der Waals surface area contributed by atoms with Gasteiger partial charge in [0.05, 0.1) is 17.6 Å². The molecule has 1 saturated carbocycles. The Balaban J connectivity index is 1.78. The van der Waals surface area contributed by atoms with E-state index < -0.39 is 9.84 Å². The Morgan fingerprint density at radius 1 is 1.30 bits per heavy atom. The van der Waals surface area contributed by atoms with Gasteiger partial charge in [0.2, 0.25) is 0 Å². The molecule has 2 unspecified atom stereocenters. The van der Waals surface area contributed by atoms with Crippen LogP contribution in [0.1, 0.15) is 30.9 Å². The van der Waals surface area contributed by atoms with Gasteiger partial charge in [-0.25, -0.2) is 8.42 Å². The Morgan fingerprint density at radius 2 is 2.10 bits per heavy atom. The van der Waals surface area contributed by atoms with Crippen molar-refractivity contribution in [1.29, 1.82) is 0 Å².